The second kappa shape index (κ2) is 13.4. The summed E-state index contributed by atoms with van der Waals surface area (Å²) < 4.78 is 4.90. The van der Waals surface area contributed by atoms with Crippen LogP contribution in [0.25, 0.3) is 6.08 Å². The van der Waals surface area contributed by atoms with E-state index in [4.69, 9.17) is 4.74 Å². The third-order valence-corrected chi connectivity index (χ3v) is 5.38. The number of esters is 1. The van der Waals surface area contributed by atoms with Crippen molar-refractivity contribution in [3.05, 3.63) is 71.3 Å². The summed E-state index contributed by atoms with van der Waals surface area (Å²) in [5.74, 6) is -0.186. The third kappa shape index (κ3) is 7.89. The first kappa shape index (κ1) is 25.2. The number of carbonyl (C=O) groups is 3. The fourth-order valence-electron chi connectivity index (χ4n) is 3.04. The number of ether oxygens (including phenoxy) is 1. The smallest absolute Gasteiger partial charge is 0.330 e. The van der Waals surface area contributed by atoms with Gasteiger partial charge in [0.05, 0.1) is 6.61 Å². The second-order valence-electron chi connectivity index (χ2n) is 7.02. The van der Waals surface area contributed by atoms with Crippen LogP contribution in [0.5, 0.6) is 0 Å². The summed E-state index contributed by atoms with van der Waals surface area (Å²) in [5, 5.41) is 5.82. The van der Waals surface area contributed by atoms with E-state index in [1.54, 1.807) is 49.0 Å². The molecule has 1 unspecified atom stereocenters. The summed E-state index contributed by atoms with van der Waals surface area (Å²) in [6, 6.07) is 13.8. The van der Waals surface area contributed by atoms with Crippen molar-refractivity contribution in [1.82, 2.24) is 5.32 Å². The highest BCUT2D eigenvalue weighted by atomic mass is 32.2. The Labute approximate surface area is 193 Å². The van der Waals surface area contributed by atoms with Crippen molar-refractivity contribution in [3.8, 4) is 0 Å². The number of aryl methyl sites for hydroxylation is 1. The molecule has 2 aromatic carbocycles. The lowest BCUT2D eigenvalue weighted by Gasteiger charge is -2.19. The van der Waals surface area contributed by atoms with Crippen LogP contribution in [-0.4, -0.2) is 42.4 Å². The van der Waals surface area contributed by atoms with Gasteiger partial charge in [-0.2, -0.15) is 11.8 Å². The second-order valence-corrected chi connectivity index (χ2v) is 8.00. The lowest BCUT2D eigenvalue weighted by Crippen LogP contribution is -2.44. The van der Waals surface area contributed by atoms with Gasteiger partial charge >= 0.3 is 5.97 Å². The van der Waals surface area contributed by atoms with Crippen LogP contribution in [0.3, 0.4) is 0 Å². The van der Waals surface area contributed by atoms with Gasteiger partial charge in [0, 0.05) is 17.3 Å². The summed E-state index contributed by atoms with van der Waals surface area (Å²) >= 11 is 1.62. The molecule has 0 saturated heterocycles. The van der Waals surface area contributed by atoms with E-state index in [9.17, 15) is 14.4 Å². The van der Waals surface area contributed by atoms with Gasteiger partial charge in [-0.25, -0.2) is 4.79 Å². The number of benzene rings is 2. The minimum absolute atomic E-state index is 0.257. The molecule has 0 fully saturated rings. The molecule has 2 aromatic rings. The zero-order valence-corrected chi connectivity index (χ0v) is 19.5. The summed E-state index contributed by atoms with van der Waals surface area (Å²) in [6.07, 6.45) is 6.25. The number of anilines is 1. The molecule has 0 aliphatic rings. The molecular weight excluding hydrogens is 424 g/mol. The Balaban J connectivity index is 2.13. The SMILES string of the molecule is CCOC(=O)C=Cc1ccc(NC(=O)C(CCSC)NC(=O)c2ccccc2)c(CC)c1. The fourth-order valence-corrected chi connectivity index (χ4v) is 3.51. The highest BCUT2D eigenvalue weighted by molar-refractivity contribution is 7.98. The minimum atomic E-state index is -0.650. The lowest BCUT2D eigenvalue weighted by molar-refractivity contribution is -0.137. The molecule has 0 bridgehead atoms. The van der Waals surface area contributed by atoms with E-state index in [2.05, 4.69) is 10.6 Å². The van der Waals surface area contributed by atoms with Gasteiger partial charge in [0.15, 0.2) is 0 Å². The summed E-state index contributed by atoms with van der Waals surface area (Å²) in [6.45, 7) is 4.08. The number of hydrogen-bond donors (Lipinski definition) is 2. The van der Waals surface area contributed by atoms with Crippen LogP contribution in [0.15, 0.2) is 54.6 Å². The van der Waals surface area contributed by atoms with E-state index in [1.165, 1.54) is 6.08 Å². The van der Waals surface area contributed by atoms with Crippen molar-refractivity contribution < 1.29 is 19.1 Å². The topological polar surface area (TPSA) is 84.5 Å². The largest absolute Gasteiger partial charge is 0.463 e. The van der Waals surface area contributed by atoms with E-state index in [1.807, 2.05) is 37.4 Å². The molecule has 0 heterocycles. The molecule has 0 spiro atoms. The van der Waals surface area contributed by atoms with Crippen LogP contribution < -0.4 is 10.6 Å². The first-order chi connectivity index (χ1) is 15.5. The number of rotatable bonds is 11. The molecule has 1 atom stereocenters. The summed E-state index contributed by atoms with van der Waals surface area (Å²) in [4.78, 5) is 37.1. The lowest BCUT2D eigenvalue weighted by atomic mass is 10.0. The van der Waals surface area contributed by atoms with Crippen LogP contribution in [0, 0.1) is 0 Å². The molecule has 0 aliphatic heterocycles. The molecule has 2 amide bonds. The summed E-state index contributed by atoms with van der Waals surface area (Å²) in [5.41, 5.74) is 2.97. The normalized spacial score (nSPS) is 11.7. The van der Waals surface area contributed by atoms with Gasteiger partial charge < -0.3 is 15.4 Å². The Bertz CT molecular complexity index is 944. The van der Waals surface area contributed by atoms with Crippen molar-refractivity contribution in [2.45, 2.75) is 32.7 Å². The molecule has 7 heteroatoms. The highest BCUT2D eigenvalue weighted by Gasteiger charge is 2.22. The molecule has 170 valence electrons. The van der Waals surface area contributed by atoms with Gasteiger partial charge in [-0.1, -0.05) is 31.2 Å². The standard InChI is InChI=1S/C25H30N2O4S/c1-4-19-17-18(12-14-23(28)31-5-2)11-13-21(19)26-25(30)22(15-16-32-3)27-24(29)20-9-7-6-8-10-20/h6-14,17,22H,4-5,15-16H2,1-3H3,(H,26,30)(H,27,29). The van der Waals surface area contributed by atoms with Crippen LogP contribution in [0.2, 0.25) is 0 Å². The van der Waals surface area contributed by atoms with E-state index in [0.29, 0.717) is 30.7 Å². The fraction of sp³-hybridized carbons (Fsp3) is 0.320. The predicted molar refractivity (Wildman–Crippen MR) is 131 cm³/mol. The number of nitrogens with one attached hydrogen (secondary N) is 2. The Kier molecular flexibility index (Phi) is 10.5. The number of amides is 2. The molecule has 0 aliphatic carbocycles. The number of thioether (sulfide) groups is 1. The Morgan fingerprint density at radius 2 is 1.84 bits per heavy atom. The minimum Gasteiger partial charge on any atom is -0.463 e. The van der Waals surface area contributed by atoms with E-state index in [0.717, 1.165) is 16.9 Å². The molecule has 2 N–H and O–H groups in total. The maximum Gasteiger partial charge on any atom is 0.330 e. The Hall–Kier alpha value is -3.06. The third-order valence-electron chi connectivity index (χ3n) is 4.73. The molecule has 0 aromatic heterocycles. The molecule has 0 radical (unpaired) electrons. The average molecular weight is 455 g/mol. The molecule has 6 nitrogen and oxygen atoms in total. The number of hydrogen-bond acceptors (Lipinski definition) is 5. The van der Waals surface area contributed by atoms with Crippen molar-refractivity contribution in [3.63, 3.8) is 0 Å². The zero-order valence-electron chi connectivity index (χ0n) is 18.7. The molecule has 0 saturated carbocycles. The van der Waals surface area contributed by atoms with Gasteiger partial charge in [-0.05, 0) is 73.2 Å². The van der Waals surface area contributed by atoms with Crippen molar-refractivity contribution >= 4 is 41.3 Å². The van der Waals surface area contributed by atoms with Crippen molar-refractivity contribution in [1.29, 1.82) is 0 Å². The predicted octanol–water partition coefficient (Wildman–Crippen LogP) is 4.32. The van der Waals surface area contributed by atoms with Crippen LogP contribution >= 0.6 is 11.8 Å². The van der Waals surface area contributed by atoms with Gasteiger partial charge in [-0.3, -0.25) is 9.59 Å². The maximum atomic E-state index is 13.0. The molecular formula is C25H30N2O4S. The number of carbonyl (C=O) groups excluding carboxylic acids is 3. The first-order valence-electron chi connectivity index (χ1n) is 10.6. The van der Waals surface area contributed by atoms with Crippen LogP contribution in [0.4, 0.5) is 5.69 Å². The average Bonchev–Trinajstić information content (AvgIpc) is 2.81. The van der Waals surface area contributed by atoms with Gasteiger partial charge in [-0.15, -0.1) is 0 Å². The Morgan fingerprint density at radius 1 is 1.09 bits per heavy atom. The van der Waals surface area contributed by atoms with Gasteiger partial charge in [0.25, 0.3) is 5.91 Å². The van der Waals surface area contributed by atoms with Crippen molar-refractivity contribution in [2.24, 2.45) is 0 Å². The summed E-state index contributed by atoms with van der Waals surface area (Å²) in [7, 11) is 0. The Morgan fingerprint density at radius 3 is 2.50 bits per heavy atom. The zero-order chi connectivity index (χ0) is 23.3. The van der Waals surface area contributed by atoms with E-state index < -0.39 is 12.0 Å². The monoisotopic (exact) mass is 454 g/mol. The quantitative estimate of drug-likeness (QED) is 0.390. The highest BCUT2D eigenvalue weighted by Crippen LogP contribution is 2.20. The van der Waals surface area contributed by atoms with Crippen molar-refractivity contribution in [2.75, 3.05) is 23.9 Å². The van der Waals surface area contributed by atoms with Crippen LogP contribution in [0.1, 0.15) is 41.8 Å². The van der Waals surface area contributed by atoms with Crippen LogP contribution in [-0.2, 0) is 20.7 Å². The van der Waals surface area contributed by atoms with Gasteiger partial charge in [0.2, 0.25) is 5.91 Å². The maximum absolute atomic E-state index is 13.0. The van der Waals surface area contributed by atoms with Gasteiger partial charge in [0.1, 0.15) is 6.04 Å². The molecule has 32 heavy (non-hydrogen) atoms. The van der Waals surface area contributed by atoms with E-state index >= 15 is 0 Å². The first-order valence-corrected chi connectivity index (χ1v) is 12.0. The van der Waals surface area contributed by atoms with E-state index in [-0.39, 0.29) is 11.8 Å². The molecule has 2 rings (SSSR count).